The Bertz CT molecular complexity index is 172. The summed E-state index contributed by atoms with van der Waals surface area (Å²) in [6.45, 7) is 0. The van der Waals surface area contributed by atoms with E-state index < -0.39 is 11.8 Å². The van der Waals surface area contributed by atoms with E-state index in [1.165, 1.54) is 6.20 Å². The fourth-order valence-corrected chi connectivity index (χ4v) is 0.288. The first-order valence-corrected chi connectivity index (χ1v) is 2.66. The Labute approximate surface area is 58.8 Å². The van der Waals surface area contributed by atoms with E-state index >= 15 is 0 Å². The van der Waals surface area contributed by atoms with Crippen molar-refractivity contribution in [3.63, 3.8) is 0 Å². The lowest BCUT2D eigenvalue weighted by molar-refractivity contribution is -0.146. The Kier molecular flexibility index (Phi) is 3.17. The maximum atomic E-state index is 10.3. The maximum absolute atomic E-state index is 10.3. The van der Waals surface area contributed by atoms with Gasteiger partial charge in [0.25, 0.3) is 5.78 Å². The smallest absolute Gasteiger partial charge is 0.376 e. The Balaban J connectivity index is 3.91. The van der Waals surface area contributed by atoms with Crippen LogP contribution in [0.5, 0.6) is 0 Å². The number of carboxylic acids is 1. The summed E-state index contributed by atoms with van der Waals surface area (Å²) < 4.78 is 0. The molecule has 0 unspecified atom stereocenters. The van der Waals surface area contributed by atoms with Crippen LogP contribution in [0.25, 0.3) is 0 Å². The van der Waals surface area contributed by atoms with Crippen molar-refractivity contribution in [1.82, 2.24) is 4.90 Å². The number of ketones is 1. The van der Waals surface area contributed by atoms with Crippen molar-refractivity contribution >= 4 is 11.8 Å². The SMILES string of the molecule is CN(C)C=CC(=O)C(=O)O. The summed E-state index contributed by atoms with van der Waals surface area (Å²) in [6.07, 6.45) is 2.39. The Morgan fingerprint density at radius 3 is 2.20 bits per heavy atom. The molecular formula is C6H9NO3. The topological polar surface area (TPSA) is 57.6 Å². The van der Waals surface area contributed by atoms with E-state index in [0.717, 1.165) is 6.08 Å². The molecule has 0 atom stereocenters. The number of aliphatic carboxylic acids is 1. The van der Waals surface area contributed by atoms with Crippen molar-refractivity contribution in [1.29, 1.82) is 0 Å². The van der Waals surface area contributed by atoms with Gasteiger partial charge >= 0.3 is 5.97 Å². The number of hydrogen-bond donors (Lipinski definition) is 1. The zero-order valence-corrected chi connectivity index (χ0v) is 5.87. The van der Waals surface area contributed by atoms with Gasteiger partial charge in [-0.05, 0) is 0 Å². The van der Waals surface area contributed by atoms with Gasteiger partial charge in [0.1, 0.15) is 0 Å². The van der Waals surface area contributed by atoms with E-state index in [4.69, 9.17) is 5.11 Å². The predicted octanol–water partition coefficient (Wildman–Crippen LogP) is -0.285. The molecule has 0 aromatic heterocycles. The van der Waals surface area contributed by atoms with Gasteiger partial charge in [-0.25, -0.2) is 4.79 Å². The minimum Gasteiger partial charge on any atom is -0.475 e. The minimum absolute atomic E-state index is 0.909. The molecular weight excluding hydrogens is 134 g/mol. The van der Waals surface area contributed by atoms with Crippen molar-refractivity contribution in [2.45, 2.75) is 0 Å². The first-order valence-electron chi connectivity index (χ1n) is 2.66. The average molecular weight is 143 g/mol. The molecule has 0 saturated carbocycles. The Morgan fingerprint density at radius 1 is 1.40 bits per heavy atom. The number of carbonyl (C=O) groups excluding carboxylic acids is 1. The summed E-state index contributed by atoms with van der Waals surface area (Å²) in [5.74, 6) is -2.34. The molecule has 0 aliphatic rings. The van der Waals surface area contributed by atoms with E-state index in [1.807, 2.05) is 0 Å². The molecule has 0 aliphatic heterocycles. The maximum Gasteiger partial charge on any atom is 0.376 e. The average Bonchev–Trinajstić information content (AvgIpc) is 1.82. The van der Waals surface area contributed by atoms with Gasteiger partial charge in [0, 0.05) is 26.4 Å². The molecule has 0 rings (SSSR count). The highest BCUT2D eigenvalue weighted by Crippen LogP contribution is 1.79. The van der Waals surface area contributed by atoms with Gasteiger partial charge in [0.2, 0.25) is 0 Å². The van der Waals surface area contributed by atoms with E-state index in [0.29, 0.717) is 0 Å². The predicted molar refractivity (Wildman–Crippen MR) is 35.5 cm³/mol. The zero-order valence-electron chi connectivity index (χ0n) is 5.87. The fourth-order valence-electron chi connectivity index (χ4n) is 0.288. The van der Waals surface area contributed by atoms with Crippen molar-refractivity contribution in [3.05, 3.63) is 12.3 Å². The molecule has 1 N–H and O–H groups in total. The Hall–Kier alpha value is -1.32. The summed E-state index contributed by atoms with van der Waals surface area (Å²) in [6, 6.07) is 0. The lowest BCUT2D eigenvalue weighted by Gasteiger charge is -2.00. The van der Waals surface area contributed by atoms with Gasteiger partial charge in [-0.15, -0.1) is 0 Å². The first kappa shape index (κ1) is 8.68. The molecule has 0 fully saturated rings. The van der Waals surface area contributed by atoms with Gasteiger partial charge in [-0.3, -0.25) is 4.79 Å². The lowest BCUT2D eigenvalue weighted by atomic mass is 10.4. The van der Waals surface area contributed by atoms with Crippen LogP contribution >= 0.6 is 0 Å². The van der Waals surface area contributed by atoms with Gasteiger partial charge in [-0.1, -0.05) is 0 Å². The quantitative estimate of drug-likeness (QED) is 0.436. The van der Waals surface area contributed by atoms with E-state index in [9.17, 15) is 9.59 Å². The highest BCUT2D eigenvalue weighted by molar-refractivity contribution is 6.37. The molecule has 0 bridgehead atoms. The number of carbonyl (C=O) groups is 2. The highest BCUT2D eigenvalue weighted by atomic mass is 16.4. The number of carboxylic acid groups (broad SMARTS) is 1. The lowest BCUT2D eigenvalue weighted by Crippen LogP contribution is -2.10. The Morgan fingerprint density at radius 2 is 1.90 bits per heavy atom. The van der Waals surface area contributed by atoms with E-state index in [2.05, 4.69) is 0 Å². The molecule has 10 heavy (non-hydrogen) atoms. The van der Waals surface area contributed by atoms with Crippen LogP contribution in [-0.2, 0) is 9.59 Å². The standard InChI is InChI=1S/C6H9NO3/c1-7(2)4-3-5(8)6(9)10/h3-4H,1-2H3,(H,9,10). The molecule has 4 heteroatoms. The van der Waals surface area contributed by atoms with Crippen LogP contribution in [0.1, 0.15) is 0 Å². The minimum atomic E-state index is -1.43. The first-order chi connectivity index (χ1) is 4.54. The summed E-state index contributed by atoms with van der Waals surface area (Å²) in [5, 5.41) is 8.08. The summed E-state index contributed by atoms with van der Waals surface area (Å²) >= 11 is 0. The van der Waals surface area contributed by atoms with Crippen molar-refractivity contribution in [3.8, 4) is 0 Å². The van der Waals surface area contributed by atoms with Crippen LogP contribution in [0.4, 0.5) is 0 Å². The third kappa shape index (κ3) is 3.65. The normalized spacial score (nSPS) is 9.80. The summed E-state index contributed by atoms with van der Waals surface area (Å²) in [5.41, 5.74) is 0. The second-order valence-corrected chi connectivity index (χ2v) is 1.95. The molecule has 0 spiro atoms. The molecule has 0 aromatic rings. The molecule has 0 radical (unpaired) electrons. The molecule has 0 aromatic carbocycles. The largest absolute Gasteiger partial charge is 0.475 e. The van der Waals surface area contributed by atoms with Crippen LogP contribution in [-0.4, -0.2) is 35.9 Å². The third-order valence-corrected chi connectivity index (χ3v) is 0.735. The number of nitrogens with zero attached hydrogens (tertiary/aromatic N) is 1. The van der Waals surface area contributed by atoms with Crippen molar-refractivity contribution < 1.29 is 14.7 Å². The van der Waals surface area contributed by atoms with Crippen LogP contribution in [0, 0.1) is 0 Å². The van der Waals surface area contributed by atoms with Crippen LogP contribution in [0.3, 0.4) is 0 Å². The molecule has 56 valence electrons. The van der Waals surface area contributed by atoms with E-state index in [-0.39, 0.29) is 0 Å². The third-order valence-electron chi connectivity index (χ3n) is 0.735. The molecule has 0 aliphatic carbocycles. The van der Waals surface area contributed by atoms with Gasteiger partial charge < -0.3 is 10.0 Å². The molecule has 0 heterocycles. The summed E-state index contributed by atoms with van der Waals surface area (Å²) in [4.78, 5) is 21.8. The van der Waals surface area contributed by atoms with Crippen LogP contribution in [0.2, 0.25) is 0 Å². The number of rotatable bonds is 3. The van der Waals surface area contributed by atoms with Gasteiger partial charge in [-0.2, -0.15) is 0 Å². The van der Waals surface area contributed by atoms with Crippen LogP contribution in [0.15, 0.2) is 12.3 Å². The van der Waals surface area contributed by atoms with Gasteiger partial charge in [0.05, 0.1) is 0 Å². The molecule has 0 saturated heterocycles. The second kappa shape index (κ2) is 3.66. The molecule has 0 amide bonds. The van der Waals surface area contributed by atoms with Gasteiger partial charge in [0.15, 0.2) is 0 Å². The highest BCUT2D eigenvalue weighted by Gasteiger charge is 2.04. The second-order valence-electron chi connectivity index (χ2n) is 1.95. The van der Waals surface area contributed by atoms with Crippen LogP contribution < -0.4 is 0 Å². The van der Waals surface area contributed by atoms with Crippen molar-refractivity contribution in [2.24, 2.45) is 0 Å². The zero-order chi connectivity index (χ0) is 8.15. The van der Waals surface area contributed by atoms with Crippen molar-refractivity contribution in [2.75, 3.05) is 14.1 Å². The fraction of sp³-hybridized carbons (Fsp3) is 0.333. The number of hydrogen-bond acceptors (Lipinski definition) is 3. The molecule has 4 nitrogen and oxygen atoms in total. The summed E-state index contributed by atoms with van der Waals surface area (Å²) in [7, 11) is 3.40. The van der Waals surface area contributed by atoms with E-state index in [1.54, 1.807) is 19.0 Å². The monoisotopic (exact) mass is 143 g/mol.